The molecule has 0 amide bonds. The maximum atomic E-state index is 11.0. The maximum Gasteiger partial charge on any atom is 0.384 e. The predicted octanol–water partition coefficient (Wildman–Crippen LogP) is 3.09. The van der Waals surface area contributed by atoms with Gasteiger partial charge in [0.25, 0.3) is 0 Å². The van der Waals surface area contributed by atoms with Crippen molar-refractivity contribution in [1.82, 2.24) is 0 Å². The summed E-state index contributed by atoms with van der Waals surface area (Å²) in [4.78, 5) is 11.0. The third kappa shape index (κ3) is 5.08. The molecular weight excluding hydrogens is 240 g/mol. The molecule has 0 spiro atoms. The lowest BCUT2D eigenvalue weighted by Crippen LogP contribution is -2.35. The van der Waals surface area contributed by atoms with Crippen LogP contribution in [0.25, 0.3) is 0 Å². The summed E-state index contributed by atoms with van der Waals surface area (Å²) >= 11 is 0. The molecule has 3 nitrogen and oxygen atoms in total. The molecule has 1 aliphatic rings. The number of esters is 1. The molecule has 3 heteroatoms. The lowest BCUT2D eigenvalue weighted by atomic mass is 9.89. The Labute approximate surface area is 116 Å². The number of rotatable bonds is 5. The van der Waals surface area contributed by atoms with Crippen LogP contribution in [0, 0.1) is 17.8 Å². The fourth-order valence-corrected chi connectivity index (χ4v) is 2.28. The smallest absolute Gasteiger partial charge is 0.384 e. The Morgan fingerprint density at radius 2 is 2.21 bits per heavy atom. The zero-order chi connectivity index (χ0) is 14.7. The number of allylic oxidation sites excluding steroid dienone is 1. The normalized spacial score (nSPS) is 19.5. The Kier molecular flexibility index (Phi) is 4.81. The fourth-order valence-electron chi connectivity index (χ4n) is 2.28. The third-order valence-electron chi connectivity index (χ3n) is 3.29. The van der Waals surface area contributed by atoms with Gasteiger partial charge in [-0.15, -0.1) is 6.42 Å². The van der Waals surface area contributed by atoms with Gasteiger partial charge in [0.2, 0.25) is 0 Å². The molecule has 0 heterocycles. The first-order valence-corrected chi connectivity index (χ1v) is 6.65. The fraction of sp³-hybridized carbons (Fsp3) is 0.688. The Bertz CT molecular complexity index is 410. The van der Waals surface area contributed by atoms with Crippen LogP contribution in [0.5, 0.6) is 0 Å². The second kappa shape index (κ2) is 5.79. The first kappa shape index (κ1) is 15.8. The summed E-state index contributed by atoms with van der Waals surface area (Å²) in [6, 6.07) is 0. The monoisotopic (exact) mass is 264 g/mol. The van der Waals surface area contributed by atoms with E-state index in [0.29, 0.717) is 5.41 Å². The number of terminal acetylenes is 1. The zero-order valence-electron chi connectivity index (χ0n) is 12.6. The molecule has 1 aliphatic carbocycles. The van der Waals surface area contributed by atoms with Crippen LogP contribution in [0.4, 0.5) is 0 Å². The van der Waals surface area contributed by atoms with Crippen LogP contribution in [0.3, 0.4) is 0 Å². The van der Waals surface area contributed by atoms with Gasteiger partial charge in [-0.05, 0) is 44.6 Å². The molecule has 0 aromatic rings. The average molecular weight is 264 g/mol. The summed E-state index contributed by atoms with van der Waals surface area (Å²) in [7, 11) is 0. The van der Waals surface area contributed by atoms with Crippen molar-refractivity contribution >= 4 is 5.97 Å². The van der Waals surface area contributed by atoms with Gasteiger partial charge in [-0.25, -0.2) is 4.79 Å². The van der Waals surface area contributed by atoms with Crippen LogP contribution in [-0.4, -0.2) is 24.3 Å². The number of hydrogen-bond donors (Lipinski definition) is 0. The van der Waals surface area contributed by atoms with Gasteiger partial charge in [0.1, 0.15) is 6.61 Å². The van der Waals surface area contributed by atoms with E-state index < -0.39 is 11.6 Å². The second-order valence-electron chi connectivity index (χ2n) is 6.56. The molecule has 0 bridgehead atoms. The van der Waals surface area contributed by atoms with Crippen molar-refractivity contribution in [2.24, 2.45) is 5.41 Å². The largest absolute Gasteiger partial charge is 0.453 e. The van der Waals surface area contributed by atoms with Gasteiger partial charge in [0.05, 0.1) is 11.7 Å². The standard InChI is InChI=1S/C16H24O3/c1-7-14(17)18-11-16(5,6)19-12(2)13-8-9-15(3,4)10-13/h1,8,12H,9-11H2,2-6H3. The minimum absolute atomic E-state index is 0.0290. The van der Waals surface area contributed by atoms with Crippen molar-refractivity contribution in [2.75, 3.05) is 6.61 Å². The van der Waals surface area contributed by atoms with Crippen molar-refractivity contribution in [3.8, 4) is 12.3 Å². The molecule has 0 N–H and O–H groups in total. The number of carbonyl (C=O) groups is 1. The van der Waals surface area contributed by atoms with Crippen LogP contribution in [0.2, 0.25) is 0 Å². The number of carbonyl (C=O) groups excluding carboxylic acids is 1. The van der Waals surface area contributed by atoms with Gasteiger partial charge in [0.15, 0.2) is 0 Å². The van der Waals surface area contributed by atoms with Crippen molar-refractivity contribution in [2.45, 2.75) is 59.2 Å². The van der Waals surface area contributed by atoms with Gasteiger partial charge in [0, 0.05) is 5.92 Å². The zero-order valence-corrected chi connectivity index (χ0v) is 12.6. The second-order valence-corrected chi connectivity index (χ2v) is 6.56. The summed E-state index contributed by atoms with van der Waals surface area (Å²) in [6.45, 7) is 10.5. The molecular formula is C16H24O3. The molecule has 19 heavy (non-hydrogen) atoms. The van der Waals surface area contributed by atoms with Crippen molar-refractivity contribution < 1.29 is 14.3 Å². The molecule has 0 aromatic heterocycles. The molecule has 1 rings (SSSR count). The summed E-state index contributed by atoms with van der Waals surface area (Å²) < 4.78 is 10.9. The van der Waals surface area contributed by atoms with E-state index >= 15 is 0 Å². The van der Waals surface area contributed by atoms with E-state index in [2.05, 4.69) is 19.9 Å². The van der Waals surface area contributed by atoms with E-state index in [1.54, 1.807) is 0 Å². The van der Waals surface area contributed by atoms with Gasteiger partial charge < -0.3 is 9.47 Å². The summed E-state index contributed by atoms with van der Waals surface area (Å²) in [5.74, 6) is 1.28. The highest BCUT2D eigenvalue weighted by atomic mass is 16.6. The lowest BCUT2D eigenvalue weighted by molar-refractivity contribution is -0.149. The highest BCUT2D eigenvalue weighted by Gasteiger charge is 2.31. The van der Waals surface area contributed by atoms with Crippen LogP contribution in [0.15, 0.2) is 11.6 Å². The molecule has 106 valence electrons. The summed E-state index contributed by atoms with van der Waals surface area (Å²) in [5, 5.41) is 0. The summed E-state index contributed by atoms with van der Waals surface area (Å²) in [5.41, 5.74) is 1.10. The Balaban J connectivity index is 2.49. The number of ether oxygens (including phenoxy) is 2. The van der Waals surface area contributed by atoms with Crippen molar-refractivity contribution in [3.05, 3.63) is 11.6 Å². The van der Waals surface area contributed by atoms with E-state index in [9.17, 15) is 4.79 Å². The average Bonchev–Trinajstić information content (AvgIpc) is 2.66. The molecule has 1 unspecified atom stereocenters. The molecule has 0 radical (unpaired) electrons. The van der Waals surface area contributed by atoms with E-state index in [1.165, 1.54) is 5.57 Å². The molecule has 1 atom stereocenters. The minimum atomic E-state index is -0.648. The van der Waals surface area contributed by atoms with Crippen LogP contribution < -0.4 is 0 Å². The van der Waals surface area contributed by atoms with Gasteiger partial charge in [-0.3, -0.25) is 0 Å². The van der Waals surface area contributed by atoms with Gasteiger partial charge in [-0.2, -0.15) is 0 Å². The van der Waals surface area contributed by atoms with Crippen LogP contribution in [-0.2, 0) is 14.3 Å². The van der Waals surface area contributed by atoms with E-state index in [1.807, 2.05) is 26.7 Å². The third-order valence-corrected chi connectivity index (χ3v) is 3.29. The summed E-state index contributed by atoms with van der Waals surface area (Å²) in [6.07, 6.45) is 9.38. The van der Waals surface area contributed by atoms with Gasteiger partial charge in [-0.1, -0.05) is 19.9 Å². The van der Waals surface area contributed by atoms with Gasteiger partial charge >= 0.3 is 5.97 Å². The van der Waals surface area contributed by atoms with Crippen molar-refractivity contribution in [3.63, 3.8) is 0 Å². The minimum Gasteiger partial charge on any atom is -0.453 e. The first-order valence-electron chi connectivity index (χ1n) is 6.65. The predicted molar refractivity (Wildman–Crippen MR) is 75.5 cm³/mol. The Morgan fingerprint density at radius 1 is 1.58 bits per heavy atom. The van der Waals surface area contributed by atoms with E-state index in [0.717, 1.165) is 12.8 Å². The molecule has 0 fully saturated rings. The quantitative estimate of drug-likeness (QED) is 0.331. The molecule has 0 saturated heterocycles. The highest BCUT2D eigenvalue weighted by molar-refractivity contribution is 5.87. The van der Waals surface area contributed by atoms with Crippen LogP contribution in [0.1, 0.15) is 47.5 Å². The highest BCUT2D eigenvalue weighted by Crippen LogP contribution is 2.38. The molecule has 0 saturated carbocycles. The maximum absolute atomic E-state index is 11.0. The molecule has 0 aromatic carbocycles. The lowest BCUT2D eigenvalue weighted by Gasteiger charge is -2.30. The topological polar surface area (TPSA) is 35.5 Å². The SMILES string of the molecule is C#CC(=O)OCC(C)(C)OC(C)C1=CCC(C)(C)C1. The van der Waals surface area contributed by atoms with Crippen molar-refractivity contribution in [1.29, 1.82) is 0 Å². The van der Waals surface area contributed by atoms with E-state index in [-0.39, 0.29) is 12.7 Å². The first-order chi connectivity index (χ1) is 8.65. The molecule has 0 aliphatic heterocycles. The van der Waals surface area contributed by atoms with E-state index in [4.69, 9.17) is 15.9 Å². The number of hydrogen-bond acceptors (Lipinski definition) is 3. The Morgan fingerprint density at radius 3 is 2.68 bits per heavy atom. The van der Waals surface area contributed by atoms with Crippen LogP contribution >= 0.6 is 0 Å². The Hall–Kier alpha value is -1.27.